The lowest BCUT2D eigenvalue weighted by Crippen LogP contribution is -2.47. The molecule has 0 radical (unpaired) electrons. The Labute approximate surface area is 123 Å². The van der Waals surface area contributed by atoms with E-state index in [4.69, 9.17) is 17.3 Å². The van der Waals surface area contributed by atoms with Gasteiger partial charge in [0.15, 0.2) is 0 Å². The first kappa shape index (κ1) is 16.5. The van der Waals surface area contributed by atoms with E-state index in [-0.39, 0.29) is 11.8 Å². The molecule has 1 rings (SSSR count). The van der Waals surface area contributed by atoms with Gasteiger partial charge in [0, 0.05) is 12.1 Å². The SMILES string of the molecule is CCC(=O)Nc1ccc(Cl)c(NC(=O)C(C)(N)CC)c1. The molecule has 0 saturated heterocycles. The van der Waals surface area contributed by atoms with Crippen molar-refractivity contribution in [1.82, 2.24) is 0 Å². The molecule has 4 N–H and O–H groups in total. The zero-order valence-corrected chi connectivity index (χ0v) is 12.7. The zero-order valence-electron chi connectivity index (χ0n) is 11.9. The van der Waals surface area contributed by atoms with E-state index in [1.165, 1.54) is 0 Å². The standard InChI is InChI=1S/C14H20ClN3O2/c1-4-12(19)17-9-6-7-10(15)11(8-9)18-13(20)14(3,16)5-2/h6-8H,4-5,16H2,1-3H3,(H,17,19)(H,18,20). The third-order valence-electron chi connectivity index (χ3n) is 3.07. The molecule has 0 spiro atoms. The van der Waals surface area contributed by atoms with Gasteiger partial charge in [-0.2, -0.15) is 0 Å². The van der Waals surface area contributed by atoms with Crippen molar-refractivity contribution in [2.75, 3.05) is 10.6 Å². The Morgan fingerprint density at radius 2 is 1.95 bits per heavy atom. The highest BCUT2D eigenvalue weighted by Crippen LogP contribution is 2.26. The van der Waals surface area contributed by atoms with Gasteiger partial charge in [-0.25, -0.2) is 0 Å². The van der Waals surface area contributed by atoms with Crippen LogP contribution in [-0.4, -0.2) is 17.4 Å². The van der Waals surface area contributed by atoms with Gasteiger partial charge >= 0.3 is 0 Å². The summed E-state index contributed by atoms with van der Waals surface area (Å²) in [4.78, 5) is 23.4. The molecule has 110 valence electrons. The monoisotopic (exact) mass is 297 g/mol. The molecule has 1 unspecified atom stereocenters. The molecule has 0 saturated carbocycles. The van der Waals surface area contributed by atoms with E-state index < -0.39 is 5.54 Å². The van der Waals surface area contributed by atoms with Gasteiger partial charge in [-0.15, -0.1) is 0 Å². The van der Waals surface area contributed by atoms with Crippen molar-refractivity contribution in [2.24, 2.45) is 5.73 Å². The average molecular weight is 298 g/mol. The second kappa shape index (κ2) is 6.72. The molecule has 0 aromatic heterocycles. The average Bonchev–Trinajstić information content (AvgIpc) is 2.42. The second-order valence-electron chi connectivity index (χ2n) is 4.82. The molecule has 0 heterocycles. The van der Waals surface area contributed by atoms with Crippen molar-refractivity contribution in [2.45, 2.75) is 39.2 Å². The Morgan fingerprint density at radius 3 is 2.50 bits per heavy atom. The predicted octanol–water partition coefficient (Wildman–Crippen LogP) is 2.75. The van der Waals surface area contributed by atoms with Crippen molar-refractivity contribution in [1.29, 1.82) is 0 Å². The molecule has 1 aromatic rings. The Hall–Kier alpha value is -1.59. The Kier molecular flexibility index (Phi) is 5.53. The van der Waals surface area contributed by atoms with E-state index in [1.54, 1.807) is 32.0 Å². The van der Waals surface area contributed by atoms with E-state index in [0.29, 0.717) is 29.2 Å². The first-order chi connectivity index (χ1) is 9.30. The molecule has 0 bridgehead atoms. The van der Waals surface area contributed by atoms with Gasteiger partial charge in [-0.05, 0) is 31.5 Å². The number of hydrogen-bond donors (Lipinski definition) is 3. The minimum absolute atomic E-state index is 0.109. The summed E-state index contributed by atoms with van der Waals surface area (Å²) >= 11 is 6.04. The van der Waals surface area contributed by atoms with Crippen molar-refractivity contribution < 1.29 is 9.59 Å². The summed E-state index contributed by atoms with van der Waals surface area (Å²) in [7, 11) is 0. The Morgan fingerprint density at radius 1 is 1.30 bits per heavy atom. The molecule has 1 aromatic carbocycles. The van der Waals surface area contributed by atoms with Crippen molar-refractivity contribution in [3.8, 4) is 0 Å². The molecule has 1 atom stereocenters. The number of halogens is 1. The van der Waals surface area contributed by atoms with Crippen LogP contribution in [0.5, 0.6) is 0 Å². The van der Waals surface area contributed by atoms with Gasteiger partial charge in [0.2, 0.25) is 11.8 Å². The van der Waals surface area contributed by atoms with Gasteiger partial charge in [0.25, 0.3) is 0 Å². The van der Waals surface area contributed by atoms with Crippen molar-refractivity contribution in [3.05, 3.63) is 23.2 Å². The quantitative estimate of drug-likeness (QED) is 0.781. The van der Waals surface area contributed by atoms with Crippen LogP contribution in [0, 0.1) is 0 Å². The van der Waals surface area contributed by atoms with Crippen LogP contribution in [0.2, 0.25) is 5.02 Å². The maximum atomic E-state index is 12.0. The first-order valence-electron chi connectivity index (χ1n) is 6.50. The molecular formula is C14H20ClN3O2. The number of benzene rings is 1. The number of rotatable bonds is 5. The van der Waals surface area contributed by atoms with E-state index in [0.717, 1.165) is 0 Å². The maximum absolute atomic E-state index is 12.0. The summed E-state index contributed by atoms with van der Waals surface area (Å²) in [6.07, 6.45) is 0.879. The fourth-order valence-electron chi connectivity index (χ4n) is 1.37. The van der Waals surface area contributed by atoms with Crippen LogP contribution in [0.25, 0.3) is 0 Å². The minimum Gasteiger partial charge on any atom is -0.326 e. The number of amides is 2. The Balaban J connectivity index is 2.92. The first-order valence-corrected chi connectivity index (χ1v) is 6.87. The number of hydrogen-bond acceptors (Lipinski definition) is 3. The molecule has 2 amide bonds. The molecule has 6 heteroatoms. The summed E-state index contributed by atoms with van der Waals surface area (Å²) in [5.74, 6) is -0.428. The largest absolute Gasteiger partial charge is 0.326 e. The van der Waals surface area contributed by atoms with Crippen LogP contribution in [0.1, 0.15) is 33.6 Å². The van der Waals surface area contributed by atoms with E-state index >= 15 is 0 Å². The molecule has 0 aliphatic heterocycles. The fourth-order valence-corrected chi connectivity index (χ4v) is 1.54. The van der Waals surface area contributed by atoms with Gasteiger partial charge in [-0.3, -0.25) is 9.59 Å². The summed E-state index contributed by atoms with van der Waals surface area (Å²) in [6, 6.07) is 4.90. The topological polar surface area (TPSA) is 84.2 Å². The fraction of sp³-hybridized carbons (Fsp3) is 0.429. The molecule has 20 heavy (non-hydrogen) atoms. The highest BCUT2D eigenvalue weighted by molar-refractivity contribution is 6.34. The highest BCUT2D eigenvalue weighted by atomic mass is 35.5. The molecular weight excluding hydrogens is 278 g/mol. The lowest BCUT2D eigenvalue weighted by molar-refractivity contribution is -0.120. The van der Waals surface area contributed by atoms with E-state index in [9.17, 15) is 9.59 Å². The van der Waals surface area contributed by atoms with Crippen LogP contribution in [0.15, 0.2) is 18.2 Å². The van der Waals surface area contributed by atoms with Crippen molar-refractivity contribution in [3.63, 3.8) is 0 Å². The molecule has 0 aliphatic rings. The van der Waals surface area contributed by atoms with Gasteiger partial charge in [0.1, 0.15) is 0 Å². The minimum atomic E-state index is -0.966. The summed E-state index contributed by atoms with van der Waals surface area (Å²) in [5, 5.41) is 5.78. The second-order valence-corrected chi connectivity index (χ2v) is 5.23. The molecule has 0 fully saturated rings. The van der Waals surface area contributed by atoms with Crippen LogP contribution in [0.4, 0.5) is 11.4 Å². The van der Waals surface area contributed by atoms with E-state index in [1.807, 2.05) is 6.92 Å². The van der Waals surface area contributed by atoms with E-state index in [2.05, 4.69) is 10.6 Å². The lowest BCUT2D eigenvalue weighted by Gasteiger charge is -2.22. The number of nitrogens with one attached hydrogen (secondary N) is 2. The van der Waals surface area contributed by atoms with Crippen LogP contribution < -0.4 is 16.4 Å². The van der Waals surface area contributed by atoms with Crippen molar-refractivity contribution >= 4 is 34.8 Å². The third-order valence-corrected chi connectivity index (χ3v) is 3.40. The number of carbonyl (C=O) groups is 2. The predicted molar refractivity (Wildman–Crippen MR) is 81.9 cm³/mol. The van der Waals surface area contributed by atoms with Crippen LogP contribution in [0.3, 0.4) is 0 Å². The number of anilines is 2. The normalized spacial score (nSPS) is 13.4. The summed E-state index contributed by atoms with van der Waals surface area (Å²) in [5.41, 5.74) is 5.91. The summed E-state index contributed by atoms with van der Waals surface area (Å²) < 4.78 is 0. The van der Waals surface area contributed by atoms with Crippen LogP contribution >= 0.6 is 11.6 Å². The zero-order chi connectivity index (χ0) is 15.3. The molecule has 5 nitrogen and oxygen atoms in total. The summed E-state index contributed by atoms with van der Waals surface area (Å²) in [6.45, 7) is 5.24. The van der Waals surface area contributed by atoms with Crippen LogP contribution in [-0.2, 0) is 9.59 Å². The molecule has 0 aliphatic carbocycles. The third kappa shape index (κ3) is 4.21. The number of nitrogens with two attached hydrogens (primary N) is 1. The smallest absolute Gasteiger partial charge is 0.244 e. The lowest BCUT2D eigenvalue weighted by atomic mass is 9.99. The maximum Gasteiger partial charge on any atom is 0.244 e. The Bertz CT molecular complexity index is 515. The number of carbonyl (C=O) groups excluding carboxylic acids is 2. The van der Waals surface area contributed by atoms with Gasteiger partial charge in [0.05, 0.1) is 16.2 Å². The van der Waals surface area contributed by atoms with Gasteiger partial charge < -0.3 is 16.4 Å². The van der Waals surface area contributed by atoms with Gasteiger partial charge in [-0.1, -0.05) is 25.4 Å². The highest BCUT2D eigenvalue weighted by Gasteiger charge is 2.26.